The first-order valence-corrected chi connectivity index (χ1v) is 7.75. The van der Waals surface area contributed by atoms with Gasteiger partial charge in [0, 0.05) is 49.7 Å². The summed E-state index contributed by atoms with van der Waals surface area (Å²) in [4.78, 5) is 20.7. The number of thiazole rings is 1. The molecule has 6 heteroatoms. The number of aromatic nitrogens is 1. The highest BCUT2D eigenvalue weighted by Crippen LogP contribution is 2.32. The zero-order valence-corrected chi connectivity index (χ0v) is 11.9. The van der Waals surface area contributed by atoms with Gasteiger partial charge >= 0.3 is 0 Å². The van der Waals surface area contributed by atoms with Gasteiger partial charge in [0.15, 0.2) is 5.13 Å². The Morgan fingerprint density at radius 3 is 2.63 bits per heavy atom. The van der Waals surface area contributed by atoms with Gasteiger partial charge in [-0.2, -0.15) is 0 Å². The highest BCUT2D eigenvalue weighted by atomic mass is 32.1. The molecule has 1 aromatic rings. The lowest BCUT2D eigenvalue weighted by atomic mass is 9.75. The number of amides is 1. The van der Waals surface area contributed by atoms with Crippen molar-refractivity contribution >= 4 is 22.4 Å². The molecule has 1 aliphatic carbocycles. The van der Waals surface area contributed by atoms with E-state index in [4.69, 9.17) is 5.73 Å². The maximum absolute atomic E-state index is 12.2. The molecule has 0 bridgehead atoms. The SMILES string of the molecule is NC1(CC(=O)N2CCN(c3nccs3)CC2)CCC1. The first kappa shape index (κ1) is 12.9. The van der Waals surface area contributed by atoms with Gasteiger partial charge in [-0.05, 0) is 19.3 Å². The summed E-state index contributed by atoms with van der Waals surface area (Å²) in [6.45, 7) is 3.32. The van der Waals surface area contributed by atoms with E-state index in [0.717, 1.165) is 44.2 Å². The van der Waals surface area contributed by atoms with Crippen molar-refractivity contribution in [2.45, 2.75) is 31.2 Å². The first-order chi connectivity index (χ1) is 9.16. The van der Waals surface area contributed by atoms with Crippen molar-refractivity contribution in [3.05, 3.63) is 11.6 Å². The van der Waals surface area contributed by atoms with E-state index in [1.165, 1.54) is 6.42 Å². The molecule has 1 saturated carbocycles. The van der Waals surface area contributed by atoms with Gasteiger partial charge in [0.05, 0.1) is 0 Å². The minimum absolute atomic E-state index is 0.205. The van der Waals surface area contributed by atoms with Gasteiger partial charge in [-0.25, -0.2) is 4.98 Å². The number of rotatable bonds is 3. The van der Waals surface area contributed by atoms with E-state index in [0.29, 0.717) is 6.42 Å². The summed E-state index contributed by atoms with van der Waals surface area (Å²) < 4.78 is 0. The monoisotopic (exact) mass is 280 g/mol. The van der Waals surface area contributed by atoms with E-state index >= 15 is 0 Å². The molecular formula is C13H20N4OS. The summed E-state index contributed by atoms with van der Waals surface area (Å²) in [5, 5.41) is 3.04. The van der Waals surface area contributed by atoms with E-state index in [2.05, 4.69) is 9.88 Å². The van der Waals surface area contributed by atoms with E-state index < -0.39 is 0 Å². The molecule has 2 N–H and O–H groups in total. The topological polar surface area (TPSA) is 62.5 Å². The first-order valence-electron chi connectivity index (χ1n) is 6.87. The van der Waals surface area contributed by atoms with Crippen LogP contribution in [-0.2, 0) is 4.79 Å². The Balaban J connectivity index is 1.51. The Bertz CT molecular complexity index is 436. The molecule has 1 aromatic heterocycles. The van der Waals surface area contributed by atoms with Crippen LogP contribution in [0.4, 0.5) is 5.13 Å². The minimum Gasteiger partial charge on any atom is -0.345 e. The highest BCUT2D eigenvalue weighted by Gasteiger charge is 2.36. The molecule has 0 aromatic carbocycles. The molecule has 3 rings (SSSR count). The number of carbonyl (C=O) groups excluding carboxylic acids is 1. The van der Waals surface area contributed by atoms with E-state index in [1.54, 1.807) is 11.3 Å². The molecule has 0 radical (unpaired) electrons. The van der Waals surface area contributed by atoms with Crippen LogP contribution in [0.3, 0.4) is 0 Å². The highest BCUT2D eigenvalue weighted by molar-refractivity contribution is 7.13. The third kappa shape index (κ3) is 2.74. The summed E-state index contributed by atoms with van der Waals surface area (Å²) in [7, 11) is 0. The summed E-state index contributed by atoms with van der Waals surface area (Å²) in [6.07, 6.45) is 5.51. The third-order valence-corrected chi connectivity index (χ3v) is 5.01. The molecule has 2 heterocycles. The number of carbonyl (C=O) groups is 1. The normalized spacial score (nSPS) is 22.2. The summed E-state index contributed by atoms with van der Waals surface area (Å²) in [6, 6.07) is 0. The van der Waals surface area contributed by atoms with Crippen LogP contribution in [0.25, 0.3) is 0 Å². The van der Waals surface area contributed by atoms with E-state index in [-0.39, 0.29) is 11.4 Å². The van der Waals surface area contributed by atoms with Crippen molar-refractivity contribution in [1.82, 2.24) is 9.88 Å². The van der Waals surface area contributed by atoms with Crippen LogP contribution in [-0.4, -0.2) is 47.5 Å². The Hall–Kier alpha value is -1.14. The lowest BCUT2D eigenvalue weighted by Crippen LogP contribution is -2.54. The van der Waals surface area contributed by atoms with Gasteiger partial charge in [-0.1, -0.05) is 0 Å². The number of piperazine rings is 1. The second-order valence-corrected chi connectivity index (χ2v) is 6.45. The molecule has 1 aliphatic heterocycles. The summed E-state index contributed by atoms with van der Waals surface area (Å²) >= 11 is 1.65. The second-order valence-electron chi connectivity index (χ2n) is 5.58. The Kier molecular flexibility index (Phi) is 3.45. The Labute approximate surface area is 117 Å². The van der Waals surface area contributed by atoms with Crippen LogP contribution < -0.4 is 10.6 Å². The predicted molar refractivity (Wildman–Crippen MR) is 76.3 cm³/mol. The van der Waals surface area contributed by atoms with Gasteiger partial charge < -0.3 is 15.5 Å². The van der Waals surface area contributed by atoms with Crippen molar-refractivity contribution < 1.29 is 4.79 Å². The third-order valence-electron chi connectivity index (χ3n) is 4.17. The number of hydrogen-bond acceptors (Lipinski definition) is 5. The molecule has 2 aliphatic rings. The van der Waals surface area contributed by atoms with Gasteiger partial charge in [0.1, 0.15) is 0 Å². The lowest BCUT2D eigenvalue weighted by Gasteiger charge is -2.40. The molecule has 5 nitrogen and oxygen atoms in total. The molecule has 104 valence electrons. The van der Waals surface area contributed by atoms with Crippen molar-refractivity contribution in [3.63, 3.8) is 0 Å². The minimum atomic E-state index is -0.205. The van der Waals surface area contributed by atoms with Crippen molar-refractivity contribution in [2.24, 2.45) is 5.73 Å². The standard InChI is InChI=1S/C13H20N4OS/c14-13(2-1-3-13)10-11(18)16-5-7-17(8-6-16)12-15-4-9-19-12/h4,9H,1-3,5-8,10,14H2. The Morgan fingerprint density at radius 2 is 2.11 bits per heavy atom. The maximum atomic E-state index is 12.2. The number of nitrogens with zero attached hydrogens (tertiary/aromatic N) is 3. The fraction of sp³-hybridized carbons (Fsp3) is 0.692. The van der Waals surface area contributed by atoms with Gasteiger partial charge in [-0.3, -0.25) is 4.79 Å². The van der Waals surface area contributed by atoms with Gasteiger partial charge in [-0.15, -0.1) is 11.3 Å². The molecular weight excluding hydrogens is 260 g/mol. The lowest BCUT2D eigenvalue weighted by molar-refractivity contribution is -0.133. The quantitative estimate of drug-likeness (QED) is 0.899. The molecule has 1 saturated heterocycles. The van der Waals surface area contributed by atoms with Crippen LogP contribution in [0.2, 0.25) is 0 Å². The van der Waals surface area contributed by atoms with E-state index in [9.17, 15) is 4.79 Å². The molecule has 19 heavy (non-hydrogen) atoms. The smallest absolute Gasteiger partial charge is 0.224 e. The number of hydrogen-bond donors (Lipinski definition) is 1. The average Bonchev–Trinajstić information content (AvgIpc) is 2.91. The van der Waals surface area contributed by atoms with Crippen LogP contribution in [0, 0.1) is 0 Å². The second kappa shape index (κ2) is 5.09. The number of anilines is 1. The zero-order valence-electron chi connectivity index (χ0n) is 11.0. The van der Waals surface area contributed by atoms with Crippen molar-refractivity contribution in [3.8, 4) is 0 Å². The maximum Gasteiger partial charge on any atom is 0.224 e. The molecule has 1 amide bonds. The summed E-state index contributed by atoms with van der Waals surface area (Å²) in [5.41, 5.74) is 5.94. The fourth-order valence-corrected chi connectivity index (χ4v) is 3.44. The summed E-state index contributed by atoms with van der Waals surface area (Å²) in [5.74, 6) is 0.223. The number of nitrogens with two attached hydrogens (primary N) is 1. The van der Waals surface area contributed by atoms with Crippen LogP contribution in [0.1, 0.15) is 25.7 Å². The molecule has 0 unspecified atom stereocenters. The predicted octanol–water partition coefficient (Wildman–Crippen LogP) is 1.06. The van der Waals surface area contributed by atoms with Crippen LogP contribution in [0.15, 0.2) is 11.6 Å². The van der Waals surface area contributed by atoms with Gasteiger partial charge in [0.2, 0.25) is 5.91 Å². The van der Waals surface area contributed by atoms with E-state index in [1.807, 2.05) is 16.5 Å². The average molecular weight is 280 g/mol. The largest absolute Gasteiger partial charge is 0.345 e. The zero-order chi connectivity index (χ0) is 13.3. The van der Waals surface area contributed by atoms with Crippen molar-refractivity contribution in [2.75, 3.05) is 31.1 Å². The van der Waals surface area contributed by atoms with Crippen molar-refractivity contribution in [1.29, 1.82) is 0 Å². The van der Waals surface area contributed by atoms with Gasteiger partial charge in [0.25, 0.3) is 0 Å². The van der Waals surface area contributed by atoms with Crippen LogP contribution in [0.5, 0.6) is 0 Å². The van der Waals surface area contributed by atoms with Crippen LogP contribution >= 0.6 is 11.3 Å². The molecule has 2 fully saturated rings. The Morgan fingerprint density at radius 1 is 1.37 bits per heavy atom. The fourth-order valence-electron chi connectivity index (χ4n) is 2.74. The molecule has 0 atom stereocenters. The molecule has 0 spiro atoms.